The van der Waals surface area contributed by atoms with Gasteiger partial charge in [0.2, 0.25) is 5.91 Å². The zero-order valence-electron chi connectivity index (χ0n) is 15.4. The van der Waals surface area contributed by atoms with Crippen LogP contribution in [-0.2, 0) is 20.0 Å². The number of nitrogens with one attached hydrogen (secondary N) is 1. The van der Waals surface area contributed by atoms with Gasteiger partial charge in [0.1, 0.15) is 0 Å². The number of amides is 1. The highest BCUT2D eigenvalue weighted by atomic mass is 32.2. The van der Waals surface area contributed by atoms with Gasteiger partial charge in [0, 0.05) is 12.0 Å². The van der Waals surface area contributed by atoms with Crippen molar-refractivity contribution >= 4 is 15.7 Å². The summed E-state index contributed by atoms with van der Waals surface area (Å²) in [5.74, 6) is -0.328. The van der Waals surface area contributed by atoms with Crippen LogP contribution in [0.25, 0.3) is 0 Å². The first-order valence-electron chi connectivity index (χ1n) is 9.64. The number of hydrogen-bond donors (Lipinski definition) is 1. The minimum absolute atomic E-state index is 0.0345. The summed E-state index contributed by atoms with van der Waals surface area (Å²) in [4.78, 5) is 13.4. The monoisotopic (exact) mass is 383 g/mol. The van der Waals surface area contributed by atoms with Gasteiger partial charge in [-0.25, -0.2) is 8.42 Å². The molecule has 2 aliphatic carbocycles. The molecule has 2 aromatic carbocycles. The number of hydrogen-bond acceptors (Lipinski definition) is 3. The average molecular weight is 384 g/mol. The Hall–Kier alpha value is -2.14. The van der Waals surface area contributed by atoms with Crippen LogP contribution in [0, 0.1) is 0 Å². The van der Waals surface area contributed by atoms with Crippen molar-refractivity contribution in [2.24, 2.45) is 0 Å². The zero-order valence-corrected chi connectivity index (χ0v) is 16.2. The van der Waals surface area contributed by atoms with E-state index in [1.807, 2.05) is 18.2 Å². The van der Waals surface area contributed by atoms with Crippen LogP contribution in [0.2, 0.25) is 0 Å². The van der Waals surface area contributed by atoms with Crippen molar-refractivity contribution in [2.75, 3.05) is 6.54 Å². The first kappa shape index (κ1) is 18.2. The lowest BCUT2D eigenvalue weighted by atomic mass is 9.95. The van der Waals surface area contributed by atoms with Crippen molar-refractivity contribution in [1.82, 2.24) is 5.32 Å². The van der Waals surface area contributed by atoms with Gasteiger partial charge in [-0.3, -0.25) is 4.79 Å². The summed E-state index contributed by atoms with van der Waals surface area (Å²) in [5.41, 5.74) is 1.18. The van der Waals surface area contributed by atoms with Crippen molar-refractivity contribution in [3.63, 3.8) is 0 Å². The topological polar surface area (TPSA) is 63.2 Å². The van der Waals surface area contributed by atoms with E-state index in [9.17, 15) is 13.2 Å². The molecule has 4 nitrogen and oxygen atoms in total. The highest BCUT2D eigenvalue weighted by Gasteiger charge is 2.54. The Labute approximate surface area is 160 Å². The van der Waals surface area contributed by atoms with Gasteiger partial charge in [0.15, 0.2) is 14.6 Å². The third-order valence-corrected chi connectivity index (χ3v) is 8.74. The van der Waals surface area contributed by atoms with Crippen molar-refractivity contribution in [3.8, 4) is 0 Å². The highest BCUT2D eigenvalue weighted by molar-refractivity contribution is 7.93. The van der Waals surface area contributed by atoms with Crippen LogP contribution in [0.15, 0.2) is 65.6 Å². The van der Waals surface area contributed by atoms with Gasteiger partial charge in [-0.05, 0) is 43.4 Å². The van der Waals surface area contributed by atoms with Gasteiger partial charge in [0.25, 0.3) is 0 Å². The number of sulfone groups is 1. The van der Waals surface area contributed by atoms with Crippen molar-refractivity contribution < 1.29 is 13.2 Å². The Morgan fingerprint density at radius 1 is 0.852 bits per heavy atom. The largest absolute Gasteiger partial charge is 0.354 e. The predicted octanol–water partition coefficient (Wildman–Crippen LogP) is 3.62. The molecule has 5 heteroatoms. The quantitative estimate of drug-likeness (QED) is 0.829. The van der Waals surface area contributed by atoms with Gasteiger partial charge >= 0.3 is 0 Å². The molecule has 0 aliphatic heterocycles. The van der Waals surface area contributed by atoms with E-state index < -0.39 is 14.6 Å². The Balaban J connectivity index is 1.57. The van der Waals surface area contributed by atoms with Crippen LogP contribution >= 0.6 is 0 Å². The van der Waals surface area contributed by atoms with Crippen LogP contribution in [0.4, 0.5) is 0 Å². The van der Waals surface area contributed by atoms with Crippen molar-refractivity contribution in [1.29, 1.82) is 0 Å². The van der Waals surface area contributed by atoms with E-state index in [1.165, 1.54) is 5.56 Å². The molecule has 142 valence electrons. The second kappa shape index (κ2) is 6.79. The normalized spacial score (nSPS) is 20.1. The summed E-state index contributed by atoms with van der Waals surface area (Å²) >= 11 is 0. The van der Waals surface area contributed by atoms with Gasteiger partial charge in [0.05, 0.1) is 4.90 Å². The molecule has 27 heavy (non-hydrogen) atoms. The first-order chi connectivity index (χ1) is 13.0. The van der Waals surface area contributed by atoms with Gasteiger partial charge in [-0.1, -0.05) is 61.4 Å². The Morgan fingerprint density at radius 2 is 1.41 bits per heavy atom. The third kappa shape index (κ3) is 3.08. The van der Waals surface area contributed by atoms with Gasteiger partial charge in [-0.15, -0.1) is 0 Å². The SMILES string of the molecule is O=C(NCC1(c2ccccc2)CC1)C1(S(=O)(=O)c2ccccc2)CCCC1. The first-order valence-corrected chi connectivity index (χ1v) is 11.1. The predicted molar refractivity (Wildman–Crippen MR) is 105 cm³/mol. The maximum Gasteiger partial charge on any atom is 0.241 e. The molecule has 0 bridgehead atoms. The summed E-state index contributed by atoms with van der Waals surface area (Å²) < 4.78 is 25.4. The Kier molecular flexibility index (Phi) is 4.58. The number of carbonyl (C=O) groups excluding carboxylic acids is 1. The molecule has 0 heterocycles. The summed E-state index contributed by atoms with van der Waals surface area (Å²) in [5, 5.41) is 3.02. The molecule has 0 aromatic heterocycles. The van der Waals surface area contributed by atoms with Crippen molar-refractivity contribution in [3.05, 3.63) is 66.2 Å². The standard InChI is InChI=1S/C22H25NO3S/c24-20(23-17-21(15-16-21)18-9-3-1-4-10-18)22(13-7-8-14-22)27(25,26)19-11-5-2-6-12-19/h1-6,9-12H,7-8,13-17H2,(H,23,24). The lowest BCUT2D eigenvalue weighted by molar-refractivity contribution is -0.123. The molecule has 2 fully saturated rings. The number of carbonyl (C=O) groups is 1. The van der Waals surface area contributed by atoms with E-state index in [1.54, 1.807) is 30.3 Å². The minimum Gasteiger partial charge on any atom is -0.354 e. The van der Waals surface area contributed by atoms with E-state index in [2.05, 4.69) is 17.4 Å². The molecule has 1 amide bonds. The van der Waals surface area contributed by atoms with Crippen molar-refractivity contribution in [2.45, 2.75) is 53.6 Å². The van der Waals surface area contributed by atoms with E-state index in [0.717, 1.165) is 25.7 Å². The summed E-state index contributed by atoms with van der Waals surface area (Å²) in [6, 6.07) is 18.6. The second-order valence-electron chi connectivity index (χ2n) is 7.85. The third-order valence-electron chi connectivity index (χ3n) is 6.22. The van der Waals surface area contributed by atoms with Gasteiger partial charge < -0.3 is 5.32 Å². The Bertz CT molecular complexity index is 913. The maximum atomic E-state index is 13.3. The van der Waals surface area contributed by atoms with E-state index >= 15 is 0 Å². The molecule has 0 spiro atoms. The molecular formula is C22H25NO3S. The summed E-state index contributed by atoms with van der Waals surface area (Å²) in [7, 11) is -3.72. The molecule has 0 unspecified atom stereocenters. The van der Waals surface area contributed by atoms with Crippen LogP contribution in [-0.4, -0.2) is 25.6 Å². The van der Waals surface area contributed by atoms with E-state index in [-0.39, 0.29) is 16.2 Å². The molecule has 1 N–H and O–H groups in total. The van der Waals surface area contributed by atoms with E-state index in [0.29, 0.717) is 19.4 Å². The van der Waals surface area contributed by atoms with Gasteiger partial charge in [-0.2, -0.15) is 0 Å². The van der Waals surface area contributed by atoms with Crippen LogP contribution in [0.1, 0.15) is 44.1 Å². The van der Waals surface area contributed by atoms with Crippen LogP contribution in [0.5, 0.6) is 0 Å². The zero-order chi connectivity index (χ0) is 19.0. The smallest absolute Gasteiger partial charge is 0.241 e. The summed E-state index contributed by atoms with van der Waals surface area (Å²) in [6.45, 7) is 0.502. The Morgan fingerprint density at radius 3 is 1.96 bits per heavy atom. The lowest BCUT2D eigenvalue weighted by Gasteiger charge is -2.29. The number of benzene rings is 2. The fourth-order valence-electron chi connectivity index (χ4n) is 4.31. The molecule has 0 radical (unpaired) electrons. The minimum atomic E-state index is -3.72. The summed E-state index contributed by atoms with van der Waals surface area (Å²) in [6.07, 6.45) is 4.38. The lowest BCUT2D eigenvalue weighted by Crippen LogP contribution is -2.52. The molecule has 2 saturated carbocycles. The molecule has 2 aliphatic rings. The molecule has 4 rings (SSSR count). The molecular weight excluding hydrogens is 358 g/mol. The fourth-order valence-corrected chi connectivity index (χ4v) is 6.42. The fraction of sp³-hybridized carbons (Fsp3) is 0.409. The second-order valence-corrected chi connectivity index (χ2v) is 10.1. The maximum absolute atomic E-state index is 13.3. The average Bonchev–Trinajstić information content (AvgIpc) is 3.33. The van der Waals surface area contributed by atoms with Crippen LogP contribution < -0.4 is 5.32 Å². The molecule has 2 aromatic rings. The number of rotatable bonds is 6. The highest BCUT2D eigenvalue weighted by Crippen LogP contribution is 2.48. The van der Waals surface area contributed by atoms with Crippen LogP contribution in [0.3, 0.4) is 0 Å². The molecule has 0 saturated heterocycles. The van der Waals surface area contributed by atoms with E-state index in [4.69, 9.17) is 0 Å². The molecule has 0 atom stereocenters.